The molecule has 0 spiro atoms. The Morgan fingerprint density at radius 2 is 1.06 bits per heavy atom. The fraction of sp³-hybridized carbons (Fsp3) is 0.0638. The number of aromatic nitrogens is 2. The summed E-state index contributed by atoms with van der Waals surface area (Å²) >= 11 is 0. The van der Waals surface area contributed by atoms with E-state index in [-0.39, 0.29) is 5.41 Å². The lowest BCUT2D eigenvalue weighted by Crippen LogP contribution is -2.14. The van der Waals surface area contributed by atoms with Gasteiger partial charge in [0.2, 0.25) is 0 Å². The first-order chi connectivity index (χ1) is 24.5. The van der Waals surface area contributed by atoms with Gasteiger partial charge in [-0.3, -0.25) is 0 Å². The third-order valence-corrected chi connectivity index (χ3v) is 10.5. The largest absolute Gasteiger partial charge is 0.456 e. The van der Waals surface area contributed by atoms with Crippen LogP contribution in [0.5, 0.6) is 0 Å². The molecule has 0 fully saturated rings. The molecule has 0 atom stereocenters. The summed E-state index contributed by atoms with van der Waals surface area (Å²) in [7, 11) is 0. The molecule has 1 aliphatic carbocycles. The van der Waals surface area contributed by atoms with Crippen molar-refractivity contribution in [2.75, 3.05) is 0 Å². The van der Waals surface area contributed by atoms with E-state index in [2.05, 4.69) is 141 Å². The van der Waals surface area contributed by atoms with Crippen LogP contribution in [-0.2, 0) is 5.41 Å². The van der Waals surface area contributed by atoms with E-state index in [0.717, 1.165) is 55.4 Å². The number of fused-ring (bicyclic) bond motifs is 7. The summed E-state index contributed by atoms with van der Waals surface area (Å²) in [5, 5.41) is 4.57. The minimum Gasteiger partial charge on any atom is -0.456 e. The normalized spacial score (nSPS) is 13.2. The second kappa shape index (κ2) is 10.8. The molecule has 2 heterocycles. The smallest absolute Gasteiger partial charge is 0.160 e. The maximum absolute atomic E-state index is 6.28. The summed E-state index contributed by atoms with van der Waals surface area (Å²) in [6.07, 6.45) is 0. The van der Waals surface area contributed by atoms with Crippen LogP contribution in [-0.4, -0.2) is 9.97 Å². The van der Waals surface area contributed by atoms with Crippen LogP contribution in [0.3, 0.4) is 0 Å². The fourth-order valence-corrected chi connectivity index (χ4v) is 8.07. The van der Waals surface area contributed by atoms with Crippen LogP contribution in [0.4, 0.5) is 0 Å². The van der Waals surface area contributed by atoms with Crippen molar-refractivity contribution < 1.29 is 4.42 Å². The van der Waals surface area contributed by atoms with E-state index in [9.17, 15) is 0 Å². The van der Waals surface area contributed by atoms with Gasteiger partial charge < -0.3 is 4.42 Å². The number of nitrogens with zero attached hydrogens (tertiary/aromatic N) is 2. The summed E-state index contributed by atoms with van der Waals surface area (Å²) in [6, 6.07) is 55.8. The summed E-state index contributed by atoms with van der Waals surface area (Å²) < 4.78 is 6.28. The molecule has 3 nitrogen and oxygen atoms in total. The molecule has 2 aromatic heterocycles. The number of benzene rings is 7. The molecule has 1 aliphatic rings. The molecule has 0 N–H and O–H groups in total. The topological polar surface area (TPSA) is 38.9 Å². The first kappa shape index (κ1) is 28.7. The second-order valence-corrected chi connectivity index (χ2v) is 13.7. The Kier molecular flexibility index (Phi) is 6.22. The average molecular weight is 641 g/mol. The molecule has 0 aliphatic heterocycles. The Bertz CT molecular complexity index is 2790. The quantitative estimate of drug-likeness (QED) is 0.192. The summed E-state index contributed by atoms with van der Waals surface area (Å²) in [5.74, 6) is 0.690. The monoisotopic (exact) mass is 640 g/mol. The van der Waals surface area contributed by atoms with Crippen molar-refractivity contribution >= 4 is 32.7 Å². The molecule has 236 valence electrons. The van der Waals surface area contributed by atoms with E-state index in [1.807, 2.05) is 30.3 Å². The molecule has 0 radical (unpaired) electrons. The van der Waals surface area contributed by atoms with Gasteiger partial charge in [-0.2, -0.15) is 0 Å². The lowest BCUT2D eigenvalue weighted by Gasteiger charge is -2.22. The van der Waals surface area contributed by atoms with Gasteiger partial charge in [-0.1, -0.05) is 147 Å². The molecular weight excluding hydrogens is 609 g/mol. The zero-order valence-electron chi connectivity index (χ0n) is 27.8. The number of furan rings is 1. The van der Waals surface area contributed by atoms with Crippen molar-refractivity contribution in [2.45, 2.75) is 19.3 Å². The summed E-state index contributed by atoms with van der Waals surface area (Å²) in [5.41, 5.74) is 14.3. The van der Waals surface area contributed by atoms with Crippen molar-refractivity contribution in [3.05, 3.63) is 169 Å². The molecule has 0 bridgehead atoms. The lowest BCUT2D eigenvalue weighted by molar-refractivity contribution is 0.660. The van der Waals surface area contributed by atoms with Crippen molar-refractivity contribution in [3.63, 3.8) is 0 Å². The summed E-state index contributed by atoms with van der Waals surface area (Å²) in [4.78, 5) is 10.3. The zero-order valence-corrected chi connectivity index (χ0v) is 27.8. The molecule has 0 saturated carbocycles. The van der Waals surface area contributed by atoms with Crippen LogP contribution >= 0.6 is 0 Å². The van der Waals surface area contributed by atoms with Crippen molar-refractivity contribution in [1.29, 1.82) is 0 Å². The van der Waals surface area contributed by atoms with Gasteiger partial charge in [-0.05, 0) is 68.4 Å². The van der Waals surface area contributed by atoms with Crippen LogP contribution in [0, 0.1) is 0 Å². The molecule has 50 heavy (non-hydrogen) atoms. The van der Waals surface area contributed by atoms with Crippen LogP contribution in [0.25, 0.3) is 88.9 Å². The zero-order chi connectivity index (χ0) is 33.4. The van der Waals surface area contributed by atoms with Gasteiger partial charge in [0, 0.05) is 32.9 Å². The Balaban J connectivity index is 1.18. The van der Waals surface area contributed by atoms with Crippen molar-refractivity contribution in [1.82, 2.24) is 9.97 Å². The van der Waals surface area contributed by atoms with E-state index in [4.69, 9.17) is 14.4 Å². The molecule has 9 aromatic rings. The third-order valence-electron chi connectivity index (χ3n) is 10.5. The predicted molar refractivity (Wildman–Crippen MR) is 206 cm³/mol. The highest BCUT2D eigenvalue weighted by molar-refractivity contribution is 6.08. The third kappa shape index (κ3) is 4.30. The van der Waals surface area contributed by atoms with Crippen molar-refractivity contribution in [3.8, 4) is 56.2 Å². The van der Waals surface area contributed by atoms with Crippen LogP contribution in [0.1, 0.15) is 25.0 Å². The molecule has 10 rings (SSSR count). The first-order valence-electron chi connectivity index (χ1n) is 17.2. The molecule has 3 heteroatoms. The first-order valence-corrected chi connectivity index (χ1v) is 17.2. The number of hydrogen-bond acceptors (Lipinski definition) is 3. The van der Waals surface area contributed by atoms with Gasteiger partial charge in [-0.25, -0.2) is 9.97 Å². The van der Waals surface area contributed by atoms with E-state index in [1.54, 1.807) is 0 Å². The average Bonchev–Trinajstić information content (AvgIpc) is 3.66. The van der Waals surface area contributed by atoms with Crippen LogP contribution < -0.4 is 0 Å². The van der Waals surface area contributed by atoms with E-state index in [0.29, 0.717) is 5.82 Å². The minimum atomic E-state index is -0.0612. The number of rotatable bonds is 4. The van der Waals surface area contributed by atoms with Gasteiger partial charge in [0.05, 0.1) is 11.4 Å². The minimum absolute atomic E-state index is 0.0612. The van der Waals surface area contributed by atoms with E-state index in [1.165, 1.54) is 38.8 Å². The van der Waals surface area contributed by atoms with Gasteiger partial charge in [0.25, 0.3) is 0 Å². The highest BCUT2D eigenvalue weighted by Crippen LogP contribution is 2.53. The maximum Gasteiger partial charge on any atom is 0.160 e. The van der Waals surface area contributed by atoms with Crippen LogP contribution in [0.2, 0.25) is 0 Å². The Morgan fingerprint density at radius 3 is 1.92 bits per heavy atom. The van der Waals surface area contributed by atoms with Gasteiger partial charge >= 0.3 is 0 Å². The highest BCUT2D eigenvalue weighted by atomic mass is 16.3. The number of para-hydroxylation sites is 1. The predicted octanol–water partition coefficient (Wildman–Crippen LogP) is 12.5. The Hall–Kier alpha value is -6.32. The molecular formula is C47H32N2O. The molecule has 0 saturated heterocycles. The summed E-state index contributed by atoms with van der Waals surface area (Å²) in [6.45, 7) is 4.68. The Labute approximate surface area is 290 Å². The van der Waals surface area contributed by atoms with Gasteiger partial charge in [0.1, 0.15) is 11.2 Å². The molecule has 0 unspecified atom stereocenters. The standard InChI is InChI=1S/C47H32N2O/c1-47(2)39-20-10-8-18-38(39)45-37(19-12-21-40(45)47)33-25-26-34(32-16-7-6-15-31(32)33)42-28-41(48-46(49-42)29-13-4-3-5-14-29)30-23-24-36-35-17-9-11-22-43(35)50-44(36)27-30/h3-28H,1-2H3. The van der Waals surface area contributed by atoms with Crippen LogP contribution in [0.15, 0.2) is 162 Å². The number of hydrogen-bond donors (Lipinski definition) is 0. The lowest BCUT2D eigenvalue weighted by atomic mass is 9.81. The highest BCUT2D eigenvalue weighted by Gasteiger charge is 2.36. The second-order valence-electron chi connectivity index (χ2n) is 13.7. The van der Waals surface area contributed by atoms with E-state index < -0.39 is 0 Å². The van der Waals surface area contributed by atoms with Crippen molar-refractivity contribution in [2.24, 2.45) is 0 Å². The maximum atomic E-state index is 6.28. The van der Waals surface area contributed by atoms with Gasteiger partial charge in [0.15, 0.2) is 5.82 Å². The van der Waals surface area contributed by atoms with E-state index >= 15 is 0 Å². The van der Waals surface area contributed by atoms with Gasteiger partial charge in [-0.15, -0.1) is 0 Å². The SMILES string of the molecule is CC1(C)c2ccccc2-c2c(-c3ccc(-c4cc(-c5ccc6c(c5)oc5ccccc56)nc(-c5ccccc5)n4)c4ccccc34)cccc21. The Morgan fingerprint density at radius 1 is 0.420 bits per heavy atom. The fourth-order valence-electron chi connectivity index (χ4n) is 8.07. The molecule has 0 amide bonds. The molecule has 7 aromatic carbocycles.